The summed E-state index contributed by atoms with van der Waals surface area (Å²) in [6, 6.07) is 3.86. The average Bonchev–Trinajstić information content (AvgIpc) is 2.20. The summed E-state index contributed by atoms with van der Waals surface area (Å²) in [6.07, 6.45) is 0. The van der Waals surface area contributed by atoms with Crippen molar-refractivity contribution in [2.75, 3.05) is 14.1 Å². The summed E-state index contributed by atoms with van der Waals surface area (Å²) >= 11 is 0. The molecule has 4 heteroatoms. The van der Waals surface area contributed by atoms with E-state index in [2.05, 4.69) is 19.9 Å². The summed E-state index contributed by atoms with van der Waals surface area (Å²) in [5, 5.41) is 0. The van der Waals surface area contributed by atoms with E-state index in [0.29, 0.717) is 10.8 Å². The first-order valence-corrected chi connectivity index (χ1v) is 7.15. The highest BCUT2D eigenvalue weighted by molar-refractivity contribution is 7.89. The number of hydrogen-bond donors (Lipinski definition) is 0. The first-order valence-electron chi connectivity index (χ1n) is 5.71. The number of hydrogen-bond acceptors (Lipinski definition) is 2. The highest BCUT2D eigenvalue weighted by Crippen LogP contribution is 2.26. The van der Waals surface area contributed by atoms with Gasteiger partial charge in [0.25, 0.3) is 0 Å². The van der Waals surface area contributed by atoms with Crippen molar-refractivity contribution in [3.8, 4) is 0 Å². The van der Waals surface area contributed by atoms with Crippen LogP contribution in [-0.2, 0) is 10.0 Å². The minimum atomic E-state index is -3.35. The summed E-state index contributed by atoms with van der Waals surface area (Å²) < 4.78 is 25.7. The molecule has 0 amide bonds. The first-order chi connectivity index (χ1) is 7.67. The fourth-order valence-electron chi connectivity index (χ4n) is 1.65. The lowest BCUT2D eigenvalue weighted by Gasteiger charge is -2.17. The number of rotatable bonds is 3. The zero-order valence-corrected chi connectivity index (χ0v) is 12.2. The van der Waals surface area contributed by atoms with E-state index in [0.717, 1.165) is 16.7 Å². The molecule has 0 saturated carbocycles. The standard InChI is InChI=1S/C13H21NO2S/c1-9(2)12-7-10(3)11(4)13(8-12)17(15,16)14(5)6/h7-9H,1-6H3. The van der Waals surface area contributed by atoms with E-state index in [9.17, 15) is 8.42 Å². The van der Waals surface area contributed by atoms with Gasteiger partial charge in [0, 0.05) is 14.1 Å². The van der Waals surface area contributed by atoms with Crippen molar-refractivity contribution in [1.82, 2.24) is 4.31 Å². The fourth-order valence-corrected chi connectivity index (χ4v) is 2.88. The van der Waals surface area contributed by atoms with Crippen LogP contribution in [0.3, 0.4) is 0 Å². The molecule has 0 aliphatic rings. The zero-order chi connectivity index (χ0) is 13.4. The molecule has 0 aliphatic carbocycles. The zero-order valence-electron chi connectivity index (χ0n) is 11.4. The molecule has 3 nitrogen and oxygen atoms in total. The molecule has 0 saturated heterocycles. The topological polar surface area (TPSA) is 37.4 Å². The molecule has 0 unspecified atom stereocenters. The van der Waals surface area contributed by atoms with Gasteiger partial charge < -0.3 is 0 Å². The number of sulfonamides is 1. The maximum Gasteiger partial charge on any atom is 0.242 e. The molecule has 0 radical (unpaired) electrons. The lowest BCUT2D eigenvalue weighted by Crippen LogP contribution is -2.23. The molecule has 0 aliphatic heterocycles. The van der Waals surface area contributed by atoms with Crippen molar-refractivity contribution in [3.63, 3.8) is 0 Å². The normalized spacial score (nSPS) is 12.5. The Bertz CT molecular complexity index is 516. The minimum absolute atomic E-state index is 0.324. The van der Waals surface area contributed by atoms with Crippen molar-refractivity contribution in [1.29, 1.82) is 0 Å². The van der Waals surface area contributed by atoms with Crippen LogP contribution in [0, 0.1) is 13.8 Å². The molecule has 0 heterocycles. The smallest absolute Gasteiger partial charge is 0.207 e. The van der Waals surface area contributed by atoms with E-state index in [1.165, 1.54) is 4.31 Å². The molecule has 0 bridgehead atoms. The Morgan fingerprint density at radius 3 is 2.06 bits per heavy atom. The maximum atomic E-state index is 12.2. The third kappa shape index (κ3) is 2.69. The first kappa shape index (κ1) is 14.2. The average molecular weight is 255 g/mol. The summed E-state index contributed by atoms with van der Waals surface area (Å²) in [4.78, 5) is 0.422. The van der Waals surface area contributed by atoms with Crippen LogP contribution in [0.15, 0.2) is 17.0 Å². The third-order valence-electron chi connectivity index (χ3n) is 3.07. The van der Waals surface area contributed by atoms with Crippen LogP contribution >= 0.6 is 0 Å². The Morgan fingerprint density at radius 2 is 1.65 bits per heavy atom. The second-order valence-corrected chi connectivity index (χ2v) is 7.02. The van der Waals surface area contributed by atoms with Gasteiger partial charge in [0.15, 0.2) is 0 Å². The molecule has 1 aromatic rings. The molecule has 17 heavy (non-hydrogen) atoms. The van der Waals surface area contributed by atoms with E-state index in [-0.39, 0.29) is 0 Å². The van der Waals surface area contributed by atoms with Gasteiger partial charge in [-0.2, -0.15) is 0 Å². The summed E-state index contributed by atoms with van der Waals surface area (Å²) in [5.74, 6) is 0.324. The molecule has 0 aromatic heterocycles. The molecule has 1 rings (SSSR count). The van der Waals surface area contributed by atoms with Gasteiger partial charge in [-0.25, -0.2) is 12.7 Å². The second kappa shape index (κ2) is 4.78. The van der Waals surface area contributed by atoms with Crippen molar-refractivity contribution in [2.24, 2.45) is 0 Å². The predicted molar refractivity (Wildman–Crippen MR) is 70.9 cm³/mol. The molecule has 0 N–H and O–H groups in total. The summed E-state index contributed by atoms with van der Waals surface area (Å²) in [7, 11) is -0.229. The Morgan fingerprint density at radius 1 is 1.12 bits per heavy atom. The lowest BCUT2D eigenvalue weighted by molar-refractivity contribution is 0.520. The van der Waals surface area contributed by atoms with E-state index in [1.54, 1.807) is 20.2 Å². The minimum Gasteiger partial charge on any atom is -0.207 e. The molecule has 0 fully saturated rings. The quantitative estimate of drug-likeness (QED) is 0.832. The highest BCUT2D eigenvalue weighted by Gasteiger charge is 2.21. The van der Waals surface area contributed by atoms with Crippen molar-refractivity contribution in [3.05, 3.63) is 28.8 Å². The number of benzene rings is 1. The van der Waals surface area contributed by atoms with Gasteiger partial charge in [-0.3, -0.25) is 0 Å². The van der Waals surface area contributed by atoms with Crippen molar-refractivity contribution in [2.45, 2.75) is 38.5 Å². The van der Waals surface area contributed by atoms with Gasteiger partial charge in [0.1, 0.15) is 0 Å². The van der Waals surface area contributed by atoms with Gasteiger partial charge in [-0.1, -0.05) is 19.9 Å². The van der Waals surface area contributed by atoms with E-state index in [1.807, 2.05) is 13.8 Å². The Labute approximate surface area is 105 Å². The van der Waals surface area contributed by atoms with E-state index < -0.39 is 10.0 Å². The highest BCUT2D eigenvalue weighted by atomic mass is 32.2. The Hall–Kier alpha value is -0.870. The van der Waals surface area contributed by atoms with Crippen LogP contribution in [0.25, 0.3) is 0 Å². The third-order valence-corrected chi connectivity index (χ3v) is 5.01. The largest absolute Gasteiger partial charge is 0.242 e. The Balaban J connectivity index is 3.54. The van der Waals surface area contributed by atoms with Gasteiger partial charge in [0.05, 0.1) is 4.90 Å². The maximum absolute atomic E-state index is 12.2. The molecule has 0 atom stereocenters. The Kier molecular flexibility index (Phi) is 3.99. The van der Waals surface area contributed by atoms with Crippen LogP contribution in [0.4, 0.5) is 0 Å². The molecular weight excluding hydrogens is 234 g/mol. The number of aryl methyl sites for hydroxylation is 1. The monoisotopic (exact) mass is 255 g/mol. The SMILES string of the molecule is Cc1cc(C(C)C)cc(S(=O)(=O)N(C)C)c1C. The van der Waals surface area contributed by atoms with Crippen LogP contribution < -0.4 is 0 Å². The van der Waals surface area contributed by atoms with Crippen LogP contribution in [0.2, 0.25) is 0 Å². The molecular formula is C13H21NO2S. The number of nitrogens with zero attached hydrogens (tertiary/aromatic N) is 1. The van der Waals surface area contributed by atoms with Crippen LogP contribution in [0.5, 0.6) is 0 Å². The van der Waals surface area contributed by atoms with Crippen molar-refractivity contribution >= 4 is 10.0 Å². The summed E-state index contributed by atoms with van der Waals surface area (Å²) in [6.45, 7) is 7.94. The van der Waals surface area contributed by atoms with Gasteiger partial charge >= 0.3 is 0 Å². The lowest BCUT2D eigenvalue weighted by atomic mass is 9.98. The van der Waals surface area contributed by atoms with Crippen molar-refractivity contribution < 1.29 is 8.42 Å². The summed E-state index contributed by atoms with van der Waals surface area (Å²) in [5.41, 5.74) is 2.92. The van der Waals surface area contributed by atoms with E-state index in [4.69, 9.17) is 0 Å². The van der Waals surface area contributed by atoms with Crippen LogP contribution in [-0.4, -0.2) is 26.8 Å². The van der Waals surface area contributed by atoms with Gasteiger partial charge in [0.2, 0.25) is 10.0 Å². The molecule has 0 spiro atoms. The fraction of sp³-hybridized carbons (Fsp3) is 0.538. The van der Waals surface area contributed by atoms with Gasteiger partial charge in [-0.05, 0) is 42.5 Å². The molecule has 1 aromatic carbocycles. The van der Waals surface area contributed by atoms with Gasteiger partial charge in [-0.15, -0.1) is 0 Å². The van der Waals surface area contributed by atoms with Crippen LogP contribution in [0.1, 0.15) is 36.5 Å². The van der Waals surface area contributed by atoms with E-state index >= 15 is 0 Å². The predicted octanol–water partition coefficient (Wildman–Crippen LogP) is 2.68. The molecule has 96 valence electrons. The second-order valence-electron chi connectivity index (χ2n) is 4.90.